The number of hydrogen-bond acceptors (Lipinski definition) is 3. The van der Waals surface area contributed by atoms with Gasteiger partial charge in [0.1, 0.15) is 11.5 Å². The molecule has 4 heteroatoms. The first kappa shape index (κ1) is 13.4. The highest BCUT2D eigenvalue weighted by molar-refractivity contribution is 6.09. The van der Waals surface area contributed by atoms with Gasteiger partial charge < -0.3 is 9.73 Å². The van der Waals surface area contributed by atoms with Gasteiger partial charge in [0, 0.05) is 11.1 Å². The molecule has 2 aromatic heterocycles. The molecule has 0 radical (unpaired) electrons. The number of furan rings is 1. The average molecular weight is 280 g/mol. The lowest BCUT2D eigenvalue weighted by molar-refractivity contribution is 0.102. The Morgan fingerprint density at radius 3 is 2.67 bits per heavy atom. The van der Waals surface area contributed by atoms with Gasteiger partial charge in [-0.3, -0.25) is 9.78 Å². The predicted octanol–water partition coefficient (Wildman–Crippen LogP) is 4.01. The minimum atomic E-state index is -0.169. The van der Waals surface area contributed by atoms with Crippen molar-refractivity contribution >= 4 is 22.5 Å². The third kappa shape index (κ3) is 2.52. The smallest absolute Gasteiger partial charge is 0.259 e. The fraction of sp³-hybridized carbons (Fsp3) is 0.176. The lowest BCUT2D eigenvalue weighted by atomic mass is 10.1. The summed E-state index contributed by atoms with van der Waals surface area (Å²) in [6, 6.07) is 11.4. The van der Waals surface area contributed by atoms with E-state index in [1.807, 2.05) is 44.2 Å². The lowest BCUT2D eigenvalue weighted by Crippen LogP contribution is -2.12. The fourth-order valence-electron chi connectivity index (χ4n) is 2.41. The molecule has 3 aromatic rings. The molecule has 1 N–H and O–H groups in total. The fourth-order valence-corrected chi connectivity index (χ4v) is 2.41. The van der Waals surface area contributed by atoms with Gasteiger partial charge in [0.05, 0.1) is 16.8 Å². The summed E-state index contributed by atoms with van der Waals surface area (Å²) in [7, 11) is 0. The van der Waals surface area contributed by atoms with Crippen molar-refractivity contribution in [3.63, 3.8) is 0 Å². The summed E-state index contributed by atoms with van der Waals surface area (Å²) in [4.78, 5) is 16.8. The second-order valence-electron chi connectivity index (χ2n) is 5.11. The Labute approximate surface area is 122 Å². The minimum Gasteiger partial charge on any atom is -0.466 e. The van der Waals surface area contributed by atoms with Gasteiger partial charge in [-0.25, -0.2) is 0 Å². The number of benzene rings is 1. The quantitative estimate of drug-likeness (QED) is 0.771. The molecule has 0 aliphatic carbocycles. The molecule has 2 heterocycles. The van der Waals surface area contributed by atoms with Crippen molar-refractivity contribution in [3.05, 3.63) is 59.2 Å². The van der Waals surface area contributed by atoms with Crippen molar-refractivity contribution in [2.24, 2.45) is 0 Å². The summed E-state index contributed by atoms with van der Waals surface area (Å²) < 4.78 is 5.40. The van der Waals surface area contributed by atoms with Crippen LogP contribution in [0.2, 0.25) is 0 Å². The van der Waals surface area contributed by atoms with Crippen molar-refractivity contribution in [1.82, 2.24) is 4.98 Å². The maximum atomic E-state index is 12.4. The van der Waals surface area contributed by atoms with Crippen molar-refractivity contribution in [2.75, 3.05) is 5.32 Å². The number of hydrogen-bond donors (Lipinski definition) is 1. The molecule has 1 amide bonds. The van der Waals surface area contributed by atoms with Crippen LogP contribution in [0.25, 0.3) is 10.9 Å². The molecule has 106 valence electrons. The zero-order valence-corrected chi connectivity index (χ0v) is 12.2. The van der Waals surface area contributed by atoms with E-state index in [2.05, 4.69) is 10.3 Å². The molecule has 0 aliphatic rings. The van der Waals surface area contributed by atoms with E-state index in [1.54, 1.807) is 13.0 Å². The molecule has 0 aliphatic heterocycles. The highest BCUT2D eigenvalue weighted by atomic mass is 16.3. The van der Waals surface area contributed by atoms with E-state index >= 15 is 0 Å². The second-order valence-corrected chi connectivity index (χ2v) is 5.11. The number of fused-ring (bicyclic) bond motifs is 1. The molecule has 0 fully saturated rings. The molecular formula is C17H16N2O2. The Morgan fingerprint density at radius 2 is 1.95 bits per heavy atom. The van der Waals surface area contributed by atoms with E-state index in [-0.39, 0.29) is 5.91 Å². The van der Waals surface area contributed by atoms with E-state index in [0.717, 1.165) is 28.0 Å². The highest BCUT2D eigenvalue weighted by Crippen LogP contribution is 2.23. The Balaban J connectivity index is 1.98. The van der Waals surface area contributed by atoms with Crippen LogP contribution in [0.3, 0.4) is 0 Å². The molecular weight excluding hydrogens is 264 g/mol. The summed E-state index contributed by atoms with van der Waals surface area (Å²) in [5.74, 6) is 1.18. The van der Waals surface area contributed by atoms with Crippen LogP contribution in [-0.4, -0.2) is 10.9 Å². The molecule has 0 unspecified atom stereocenters. The van der Waals surface area contributed by atoms with Crippen LogP contribution in [-0.2, 0) is 0 Å². The van der Waals surface area contributed by atoms with Crippen LogP contribution in [0.1, 0.15) is 27.6 Å². The predicted molar refractivity (Wildman–Crippen MR) is 82.6 cm³/mol. The molecule has 21 heavy (non-hydrogen) atoms. The van der Waals surface area contributed by atoms with Crippen LogP contribution in [0.5, 0.6) is 0 Å². The van der Waals surface area contributed by atoms with Gasteiger partial charge in [0.2, 0.25) is 0 Å². The first-order valence-electron chi connectivity index (χ1n) is 6.79. The average Bonchev–Trinajstić information content (AvgIpc) is 2.77. The molecule has 0 saturated heterocycles. The second kappa shape index (κ2) is 5.05. The van der Waals surface area contributed by atoms with E-state index in [9.17, 15) is 4.79 Å². The van der Waals surface area contributed by atoms with Crippen molar-refractivity contribution in [3.8, 4) is 0 Å². The number of carbonyl (C=O) groups excluding carboxylic acids is 1. The number of amides is 1. The Morgan fingerprint density at radius 1 is 1.14 bits per heavy atom. The molecule has 0 bridgehead atoms. The van der Waals surface area contributed by atoms with Gasteiger partial charge in [-0.1, -0.05) is 6.07 Å². The summed E-state index contributed by atoms with van der Waals surface area (Å²) in [5, 5.41) is 3.86. The van der Waals surface area contributed by atoms with Crippen LogP contribution >= 0.6 is 0 Å². The number of aryl methyl sites for hydroxylation is 3. The third-order valence-corrected chi connectivity index (χ3v) is 3.40. The van der Waals surface area contributed by atoms with E-state index in [0.29, 0.717) is 11.3 Å². The molecule has 4 nitrogen and oxygen atoms in total. The normalized spacial score (nSPS) is 10.8. The Hall–Kier alpha value is -2.62. The van der Waals surface area contributed by atoms with Crippen LogP contribution in [0.15, 0.2) is 40.8 Å². The summed E-state index contributed by atoms with van der Waals surface area (Å²) >= 11 is 0. The van der Waals surface area contributed by atoms with Gasteiger partial charge in [-0.2, -0.15) is 0 Å². The van der Waals surface area contributed by atoms with Crippen LogP contribution in [0, 0.1) is 20.8 Å². The van der Waals surface area contributed by atoms with Gasteiger partial charge in [-0.05, 0) is 51.1 Å². The maximum Gasteiger partial charge on any atom is 0.259 e. The van der Waals surface area contributed by atoms with E-state index < -0.39 is 0 Å². The molecule has 0 spiro atoms. The van der Waals surface area contributed by atoms with Crippen molar-refractivity contribution < 1.29 is 9.21 Å². The SMILES string of the molecule is Cc1ccc2c(NC(=O)c3cc(C)oc3C)cccc2n1. The zero-order valence-electron chi connectivity index (χ0n) is 12.2. The molecule has 1 aromatic carbocycles. The topological polar surface area (TPSA) is 55.1 Å². The lowest BCUT2D eigenvalue weighted by Gasteiger charge is -2.08. The van der Waals surface area contributed by atoms with Gasteiger partial charge in [0.15, 0.2) is 0 Å². The maximum absolute atomic E-state index is 12.4. The number of nitrogens with one attached hydrogen (secondary N) is 1. The third-order valence-electron chi connectivity index (χ3n) is 3.40. The first-order valence-corrected chi connectivity index (χ1v) is 6.79. The van der Waals surface area contributed by atoms with Crippen molar-refractivity contribution in [2.45, 2.75) is 20.8 Å². The number of pyridine rings is 1. The van der Waals surface area contributed by atoms with Crippen LogP contribution in [0.4, 0.5) is 5.69 Å². The van der Waals surface area contributed by atoms with E-state index in [4.69, 9.17) is 4.42 Å². The summed E-state index contributed by atoms with van der Waals surface area (Å²) in [6.07, 6.45) is 0. The standard InChI is InChI=1S/C17H16N2O2/c1-10-7-8-13-15(18-10)5-4-6-16(13)19-17(20)14-9-11(2)21-12(14)3/h4-9H,1-3H3,(H,19,20). The minimum absolute atomic E-state index is 0.169. The Bertz CT molecular complexity index is 834. The molecule has 0 saturated carbocycles. The Kier molecular flexibility index (Phi) is 3.22. The molecule has 0 atom stereocenters. The number of aromatic nitrogens is 1. The number of rotatable bonds is 2. The van der Waals surface area contributed by atoms with Crippen LogP contribution < -0.4 is 5.32 Å². The zero-order chi connectivity index (χ0) is 15.0. The van der Waals surface area contributed by atoms with Gasteiger partial charge in [-0.15, -0.1) is 0 Å². The van der Waals surface area contributed by atoms with Gasteiger partial charge >= 0.3 is 0 Å². The van der Waals surface area contributed by atoms with E-state index in [1.165, 1.54) is 0 Å². The number of nitrogens with zero attached hydrogens (tertiary/aromatic N) is 1. The number of anilines is 1. The monoisotopic (exact) mass is 280 g/mol. The molecule has 3 rings (SSSR count). The number of carbonyl (C=O) groups is 1. The van der Waals surface area contributed by atoms with Crippen molar-refractivity contribution in [1.29, 1.82) is 0 Å². The van der Waals surface area contributed by atoms with Gasteiger partial charge in [0.25, 0.3) is 5.91 Å². The summed E-state index contributed by atoms with van der Waals surface area (Å²) in [6.45, 7) is 5.56. The summed E-state index contributed by atoms with van der Waals surface area (Å²) in [5.41, 5.74) is 3.13. The largest absolute Gasteiger partial charge is 0.466 e. The highest BCUT2D eigenvalue weighted by Gasteiger charge is 2.14. The first-order chi connectivity index (χ1) is 10.0.